The van der Waals surface area contributed by atoms with Crippen molar-refractivity contribution in [2.75, 3.05) is 0 Å². The largest absolute Gasteiger partial charge is 0.508 e. The Morgan fingerprint density at radius 1 is 0.806 bits per heavy atom. The molecule has 1 aromatic heterocycles. The predicted molar refractivity (Wildman–Crippen MR) is 119 cm³/mol. The van der Waals surface area contributed by atoms with Crippen LogP contribution in [-0.4, -0.2) is 31.4 Å². The number of benzene rings is 4. The van der Waals surface area contributed by atoms with E-state index in [9.17, 15) is 9.90 Å². The summed E-state index contributed by atoms with van der Waals surface area (Å²) in [4.78, 5) is 11.9. The Balaban J connectivity index is 0.000000149. The molecule has 1 heterocycles. The molecule has 0 radical (unpaired) electrons. The van der Waals surface area contributed by atoms with Crippen LogP contribution in [0.5, 0.6) is 11.5 Å². The van der Waals surface area contributed by atoms with Gasteiger partial charge in [0, 0.05) is 17.2 Å². The molecule has 0 saturated heterocycles. The number of aromatic nitrogens is 3. The molecule has 0 fully saturated rings. The van der Waals surface area contributed by atoms with Crippen LogP contribution < -0.4 is 0 Å². The minimum atomic E-state index is -0.266. The van der Waals surface area contributed by atoms with Crippen LogP contribution in [0.1, 0.15) is 15.9 Å². The van der Waals surface area contributed by atoms with Crippen molar-refractivity contribution >= 4 is 16.6 Å². The second-order valence-corrected chi connectivity index (χ2v) is 6.78. The van der Waals surface area contributed by atoms with Crippen LogP contribution in [0.4, 0.5) is 0 Å². The van der Waals surface area contributed by atoms with Gasteiger partial charge in [-0.1, -0.05) is 72.8 Å². The third-order valence-corrected chi connectivity index (χ3v) is 4.74. The number of phenolic OH excluding ortho intramolecular Hbond substituents is 2. The molecule has 5 aromatic rings. The number of phenols is 2. The van der Waals surface area contributed by atoms with Crippen molar-refractivity contribution in [3.05, 3.63) is 108 Å². The molecule has 0 aliphatic carbocycles. The van der Waals surface area contributed by atoms with Crippen LogP contribution in [0.2, 0.25) is 0 Å². The van der Waals surface area contributed by atoms with Crippen LogP contribution in [0.15, 0.2) is 97.2 Å². The number of H-pyrrole nitrogens is 1. The maximum absolute atomic E-state index is 11.9. The van der Waals surface area contributed by atoms with Crippen molar-refractivity contribution in [2.45, 2.75) is 0 Å². The monoisotopic (exact) mass is 409 g/mol. The summed E-state index contributed by atoms with van der Waals surface area (Å²) in [7, 11) is 0. The number of rotatable bonds is 3. The molecule has 0 atom stereocenters. The van der Waals surface area contributed by atoms with Gasteiger partial charge < -0.3 is 10.2 Å². The van der Waals surface area contributed by atoms with Crippen LogP contribution >= 0.6 is 0 Å². The predicted octanol–water partition coefficient (Wildman–Crippen LogP) is 4.95. The molecular formula is C25H19N3O3. The van der Waals surface area contributed by atoms with E-state index in [0.717, 1.165) is 17.3 Å². The van der Waals surface area contributed by atoms with E-state index < -0.39 is 0 Å². The highest BCUT2D eigenvalue weighted by atomic mass is 16.3. The minimum Gasteiger partial charge on any atom is -0.508 e. The first-order valence-corrected chi connectivity index (χ1v) is 9.59. The molecule has 152 valence electrons. The molecule has 0 spiro atoms. The summed E-state index contributed by atoms with van der Waals surface area (Å²) < 4.78 is 0. The fourth-order valence-electron chi connectivity index (χ4n) is 3.24. The van der Waals surface area contributed by atoms with Gasteiger partial charge in [-0.3, -0.25) is 4.79 Å². The van der Waals surface area contributed by atoms with E-state index in [0.29, 0.717) is 5.56 Å². The molecule has 6 nitrogen and oxygen atoms in total. The van der Waals surface area contributed by atoms with E-state index in [1.54, 1.807) is 30.5 Å². The normalized spacial score (nSPS) is 10.3. The lowest BCUT2D eigenvalue weighted by molar-refractivity contribution is 0.103. The van der Waals surface area contributed by atoms with Gasteiger partial charge in [0.2, 0.25) is 0 Å². The van der Waals surface area contributed by atoms with E-state index in [-0.39, 0.29) is 22.8 Å². The molecule has 31 heavy (non-hydrogen) atoms. The van der Waals surface area contributed by atoms with E-state index in [1.807, 2.05) is 24.3 Å². The van der Waals surface area contributed by atoms with Crippen molar-refractivity contribution in [3.8, 4) is 22.8 Å². The number of hydrogen-bond donors (Lipinski definition) is 3. The fourth-order valence-corrected chi connectivity index (χ4v) is 3.24. The topological polar surface area (TPSA) is 99.1 Å². The van der Waals surface area contributed by atoms with Gasteiger partial charge in [0.05, 0.1) is 11.8 Å². The Hall–Kier alpha value is -4.45. The number of carbonyl (C=O) groups excluding carboxylic acids is 1. The Kier molecular flexibility index (Phi) is 5.71. The first kappa shape index (κ1) is 19.8. The maximum atomic E-state index is 11.9. The fraction of sp³-hybridized carbons (Fsp3) is 0. The molecule has 0 aliphatic heterocycles. The molecule has 0 amide bonds. The lowest BCUT2D eigenvalue weighted by Crippen LogP contribution is -2.00. The summed E-state index contributed by atoms with van der Waals surface area (Å²) in [6.45, 7) is 0. The Morgan fingerprint density at radius 2 is 1.55 bits per heavy atom. The summed E-state index contributed by atoms with van der Waals surface area (Å²) >= 11 is 0. The third kappa shape index (κ3) is 4.43. The zero-order chi connectivity index (χ0) is 21.6. The summed E-state index contributed by atoms with van der Waals surface area (Å²) in [5.41, 5.74) is 2.68. The first-order chi connectivity index (χ1) is 15.1. The van der Waals surface area contributed by atoms with Crippen LogP contribution in [0.25, 0.3) is 22.0 Å². The van der Waals surface area contributed by atoms with Crippen molar-refractivity contribution in [1.82, 2.24) is 15.4 Å². The summed E-state index contributed by atoms with van der Waals surface area (Å²) in [6, 6.07) is 27.0. The van der Waals surface area contributed by atoms with Gasteiger partial charge in [0.25, 0.3) is 0 Å². The second-order valence-electron chi connectivity index (χ2n) is 6.78. The van der Waals surface area contributed by atoms with Crippen LogP contribution in [0.3, 0.4) is 0 Å². The first-order valence-electron chi connectivity index (χ1n) is 9.59. The maximum Gasteiger partial charge on any atom is 0.196 e. The zero-order valence-corrected chi connectivity index (χ0v) is 16.4. The van der Waals surface area contributed by atoms with Crippen LogP contribution in [-0.2, 0) is 0 Å². The number of aromatic amines is 1. The molecule has 4 aromatic carbocycles. The standard InChI is InChI=1S/C13H10O3.C12H9N3/c14-10-6-7-11(12(15)8-10)13(16)9-4-2-1-3-5-9;1-2-6-10-9(4-1)5-3-7-11(10)12-8-13-15-14-12/h1-8,14-15H;1-8H,(H,13,14,15). The number of ketones is 1. The molecule has 6 heteroatoms. The molecule has 5 rings (SSSR count). The summed E-state index contributed by atoms with van der Waals surface area (Å²) in [5, 5.41) is 31.6. The lowest BCUT2D eigenvalue weighted by Gasteiger charge is -2.04. The van der Waals surface area contributed by atoms with E-state index in [2.05, 4.69) is 39.7 Å². The second kappa shape index (κ2) is 8.92. The third-order valence-electron chi connectivity index (χ3n) is 4.74. The van der Waals surface area contributed by atoms with E-state index in [4.69, 9.17) is 5.11 Å². The SMILES string of the molecule is O=C(c1ccccc1)c1ccc(O)cc1O.c1ccc2c(-c3cn[nH]n3)cccc2c1. The summed E-state index contributed by atoms with van der Waals surface area (Å²) in [6.07, 6.45) is 1.74. The summed E-state index contributed by atoms with van der Waals surface area (Å²) in [5.74, 6) is -0.547. The zero-order valence-electron chi connectivity index (χ0n) is 16.4. The van der Waals surface area contributed by atoms with Gasteiger partial charge in [-0.15, -0.1) is 0 Å². The quantitative estimate of drug-likeness (QED) is 0.366. The van der Waals surface area contributed by atoms with Gasteiger partial charge in [-0.2, -0.15) is 15.4 Å². The number of nitrogens with zero attached hydrogens (tertiary/aromatic N) is 2. The average Bonchev–Trinajstić information content (AvgIpc) is 3.34. The smallest absolute Gasteiger partial charge is 0.196 e. The van der Waals surface area contributed by atoms with Gasteiger partial charge in [-0.25, -0.2) is 0 Å². The van der Waals surface area contributed by atoms with Gasteiger partial charge in [0.1, 0.15) is 17.2 Å². The Labute approximate surface area is 178 Å². The van der Waals surface area contributed by atoms with E-state index in [1.165, 1.54) is 22.9 Å². The highest BCUT2D eigenvalue weighted by Crippen LogP contribution is 2.26. The lowest BCUT2D eigenvalue weighted by atomic mass is 10.0. The molecular weight excluding hydrogens is 390 g/mol. The van der Waals surface area contributed by atoms with E-state index >= 15 is 0 Å². The Morgan fingerprint density at radius 3 is 2.29 bits per heavy atom. The number of aromatic hydroxyl groups is 2. The average molecular weight is 409 g/mol. The molecule has 0 bridgehead atoms. The Bertz CT molecular complexity index is 1310. The highest BCUT2D eigenvalue weighted by Gasteiger charge is 2.13. The van der Waals surface area contributed by atoms with Gasteiger partial charge in [0.15, 0.2) is 5.78 Å². The van der Waals surface area contributed by atoms with Crippen LogP contribution in [0, 0.1) is 0 Å². The number of fused-ring (bicyclic) bond motifs is 1. The molecule has 0 unspecified atom stereocenters. The molecule has 3 N–H and O–H groups in total. The number of carbonyl (C=O) groups is 1. The van der Waals surface area contributed by atoms with Crippen molar-refractivity contribution in [1.29, 1.82) is 0 Å². The molecule has 0 aliphatic rings. The van der Waals surface area contributed by atoms with Crippen molar-refractivity contribution in [2.24, 2.45) is 0 Å². The minimum absolute atomic E-state index is 0.0675. The number of hydrogen-bond acceptors (Lipinski definition) is 5. The highest BCUT2D eigenvalue weighted by molar-refractivity contribution is 6.10. The van der Waals surface area contributed by atoms with Crippen molar-refractivity contribution in [3.63, 3.8) is 0 Å². The van der Waals surface area contributed by atoms with Crippen molar-refractivity contribution < 1.29 is 15.0 Å². The van der Waals surface area contributed by atoms with Gasteiger partial charge in [-0.05, 0) is 22.9 Å². The number of nitrogens with one attached hydrogen (secondary N) is 1. The molecule has 0 saturated carbocycles. The van der Waals surface area contributed by atoms with Gasteiger partial charge >= 0.3 is 0 Å².